The number of ether oxygens (including phenoxy) is 2. The maximum Gasteiger partial charge on any atom is 0.296 e. The van der Waals surface area contributed by atoms with Gasteiger partial charge in [0.1, 0.15) is 5.69 Å². The normalized spacial score (nSPS) is 22.7. The maximum atomic E-state index is 9.99. The number of fused-ring (bicyclic) bond motifs is 2. The Hall–Kier alpha value is -3.83. The highest BCUT2D eigenvalue weighted by Gasteiger charge is 2.45. The van der Waals surface area contributed by atoms with Gasteiger partial charge in [-0.2, -0.15) is 4.98 Å². The van der Waals surface area contributed by atoms with Crippen molar-refractivity contribution in [1.82, 2.24) is 35.2 Å². The quantitative estimate of drug-likeness (QED) is 0.263. The summed E-state index contributed by atoms with van der Waals surface area (Å²) in [5.74, 6) is 0.870. The third-order valence-electron chi connectivity index (χ3n) is 7.14. The van der Waals surface area contributed by atoms with Gasteiger partial charge in [0.2, 0.25) is 0 Å². The van der Waals surface area contributed by atoms with Crippen LogP contribution in [0.4, 0.5) is 0 Å². The Morgan fingerprint density at radius 1 is 1.05 bits per heavy atom. The van der Waals surface area contributed by atoms with Crippen LogP contribution in [0.3, 0.4) is 0 Å². The van der Waals surface area contributed by atoms with E-state index < -0.39 is 6.10 Å². The molecule has 0 amide bonds. The molecule has 0 aliphatic carbocycles. The van der Waals surface area contributed by atoms with Crippen LogP contribution in [0.15, 0.2) is 61.1 Å². The molecule has 4 unspecified atom stereocenters. The number of benzene rings is 1. The van der Waals surface area contributed by atoms with Crippen molar-refractivity contribution >= 4 is 22.8 Å². The van der Waals surface area contributed by atoms with Crippen LogP contribution in [0.2, 0.25) is 5.02 Å². The van der Waals surface area contributed by atoms with E-state index in [9.17, 15) is 5.11 Å². The first-order valence-corrected chi connectivity index (χ1v) is 12.8. The molecule has 7 rings (SSSR count). The van der Waals surface area contributed by atoms with E-state index in [0.717, 1.165) is 34.8 Å². The smallest absolute Gasteiger partial charge is 0.296 e. The second-order valence-corrected chi connectivity index (χ2v) is 9.96. The minimum atomic E-state index is -0.473. The molecule has 4 N–H and O–H groups in total. The molecule has 11 heteroatoms. The van der Waals surface area contributed by atoms with Crippen LogP contribution in [0.5, 0.6) is 6.01 Å². The van der Waals surface area contributed by atoms with Gasteiger partial charge in [0.25, 0.3) is 6.01 Å². The highest BCUT2D eigenvalue weighted by Crippen LogP contribution is 2.32. The number of nitrogens with one attached hydrogen (secondary N) is 3. The highest BCUT2D eigenvalue weighted by molar-refractivity contribution is 6.33. The summed E-state index contributed by atoms with van der Waals surface area (Å²) in [6, 6.07) is 14.1. The number of hydrogen-bond donors (Lipinski definition) is 4. The average Bonchev–Trinajstić information content (AvgIpc) is 3.74. The number of halogens is 1. The van der Waals surface area contributed by atoms with Gasteiger partial charge in [-0.1, -0.05) is 41.9 Å². The monoisotopic (exact) mass is 529 g/mol. The topological polar surface area (TPSA) is 134 Å². The molecular formula is C27H24ClN7O3. The molecule has 2 aliphatic heterocycles. The number of aliphatic hydroxyl groups is 1. The molecule has 192 valence electrons. The lowest BCUT2D eigenvalue weighted by molar-refractivity contribution is 0.0470. The van der Waals surface area contributed by atoms with Gasteiger partial charge < -0.3 is 29.9 Å². The van der Waals surface area contributed by atoms with Crippen molar-refractivity contribution in [2.75, 3.05) is 19.8 Å². The number of pyridine rings is 2. The van der Waals surface area contributed by atoms with E-state index in [1.807, 2.05) is 48.7 Å². The van der Waals surface area contributed by atoms with E-state index in [0.29, 0.717) is 41.1 Å². The van der Waals surface area contributed by atoms with Gasteiger partial charge in [0, 0.05) is 42.2 Å². The molecule has 2 saturated heterocycles. The van der Waals surface area contributed by atoms with E-state index in [2.05, 4.69) is 30.2 Å². The summed E-state index contributed by atoms with van der Waals surface area (Å²) in [5.41, 5.74) is 5.56. The van der Waals surface area contributed by atoms with Crippen molar-refractivity contribution in [3.05, 3.63) is 66.1 Å². The Kier molecular flexibility index (Phi) is 5.81. The van der Waals surface area contributed by atoms with Crippen LogP contribution in [-0.2, 0) is 4.74 Å². The third kappa shape index (κ3) is 4.21. The standard InChI is InChI=1S/C27H24ClN7O3/c28-18-9-20-26(35-27(33-20)38-12-17-11-32-23-21(36)13-37-24(17)23)34-22(18)15-3-1-14(2-4-15)16-5-6-19(31-10-16)25-29-7-8-30-25/h1-10,17,21,23-24,32,36H,11-13H2,(H,29,30)(H,33,34,35). The van der Waals surface area contributed by atoms with Crippen LogP contribution in [0.1, 0.15) is 0 Å². The van der Waals surface area contributed by atoms with Gasteiger partial charge in [0.05, 0.1) is 47.7 Å². The lowest BCUT2D eigenvalue weighted by atomic mass is 10.0. The number of H-pyrrole nitrogens is 2. The predicted octanol–water partition coefficient (Wildman–Crippen LogP) is 3.46. The Bertz CT molecular complexity index is 1570. The molecule has 0 saturated carbocycles. The molecule has 0 bridgehead atoms. The van der Waals surface area contributed by atoms with Crippen LogP contribution < -0.4 is 10.1 Å². The fourth-order valence-electron chi connectivity index (χ4n) is 5.16. The number of aromatic amines is 2. The number of imidazole rings is 2. The zero-order valence-corrected chi connectivity index (χ0v) is 20.9. The Morgan fingerprint density at radius 2 is 1.89 bits per heavy atom. The number of aromatic nitrogens is 6. The summed E-state index contributed by atoms with van der Waals surface area (Å²) >= 11 is 6.61. The number of hydrogen-bond acceptors (Lipinski definition) is 8. The summed E-state index contributed by atoms with van der Waals surface area (Å²) in [4.78, 5) is 24.2. The Labute approximate surface area is 222 Å². The second kappa shape index (κ2) is 9.48. The predicted molar refractivity (Wildman–Crippen MR) is 142 cm³/mol. The van der Waals surface area contributed by atoms with E-state index in [-0.39, 0.29) is 18.1 Å². The van der Waals surface area contributed by atoms with Gasteiger partial charge in [-0.3, -0.25) is 4.98 Å². The first kappa shape index (κ1) is 23.3. The Morgan fingerprint density at radius 3 is 2.68 bits per heavy atom. The van der Waals surface area contributed by atoms with Crippen molar-refractivity contribution in [2.24, 2.45) is 5.92 Å². The lowest BCUT2D eigenvalue weighted by Gasteiger charge is -2.16. The first-order chi connectivity index (χ1) is 18.6. The minimum Gasteiger partial charge on any atom is -0.464 e. The zero-order chi connectivity index (χ0) is 25.6. The molecule has 4 atom stereocenters. The van der Waals surface area contributed by atoms with Crippen molar-refractivity contribution in [3.63, 3.8) is 0 Å². The molecule has 2 fully saturated rings. The van der Waals surface area contributed by atoms with Gasteiger partial charge in [-0.15, -0.1) is 0 Å². The fraction of sp³-hybridized carbons (Fsp3) is 0.259. The van der Waals surface area contributed by atoms with Crippen LogP contribution in [0.25, 0.3) is 45.1 Å². The molecule has 10 nitrogen and oxygen atoms in total. The fourth-order valence-corrected chi connectivity index (χ4v) is 5.42. The molecule has 0 spiro atoms. The molecule has 5 aromatic rings. The Balaban J connectivity index is 1.07. The van der Waals surface area contributed by atoms with Crippen LogP contribution in [0, 0.1) is 5.92 Å². The van der Waals surface area contributed by atoms with E-state index in [1.54, 1.807) is 12.4 Å². The number of rotatable bonds is 6. The summed E-state index contributed by atoms with van der Waals surface area (Å²) in [5, 5.41) is 13.8. The maximum absolute atomic E-state index is 9.99. The molecule has 2 aliphatic rings. The molecule has 6 heterocycles. The summed E-state index contributed by atoms with van der Waals surface area (Å²) in [6.07, 6.45) is 4.79. The van der Waals surface area contributed by atoms with Gasteiger partial charge in [0.15, 0.2) is 11.5 Å². The third-order valence-corrected chi connectivity index (χ3v) is 7.43. The van der Waals surface area contributed by atoms with Crippen LogP contribution >= 0.6 is 11.6 Å². The summed E-state index contributed by atoms with van der Waals surface area (Å²) < 4.78 is 11.7. The molecular weight excluding hydrogens is 506 g/mol. The summed E-state index contributed by atoms with van der Waals surface area (Å²) in [6.45, 7) is 1.49. The highest BCUT2D eigenvalue weighted by atomic mass is 35.5. The average molecular weight is 530 g/mol. The van der Waals surface area contributed by atoms with Crippen molar-refractivity contribution in [3.8, 4) is 39.9 Å². The minimum absolute atomic E-state index is 0.0361. The van der Waals surface area contributed by atoms with Crippen LogP contribution in [-0.4, -0.2) is 73.0 Å². The van der Waals surface area contributed by atoms with Gasteiger partial charge in [-0.25, -0.2) is 9.97 Å². The number of aliphatic hydroxyl groups excluding tert-OH is 1. The van der Waals surface area contributed by atoms with E-state index >= 15 is 0 Å². The van der Waals surface area contributed by atoms with Crippen molar-refractivity contribution < 1.29 is 14.6 Å². The lowest BCUT2D eigenvalue weighted by Crippen LogP contribution is -2.36. The second-order valence-electron chi connectivity index (χ2n) is 9.55. The van der Waals surface area contributed by atoms with Crippen molar-refractivity contribution in [2.45, 2.75) is 18.2 Å². The molecule has 4 aromatic heterocycles. The number of nitrogens with zero attached hydrogens (tertiary/aromatic N) is 4. The SMILES string of the molecule is OC1COC2C(COc3nc4nc(-c5ccc(-c6ccc(-c7ncc[nH]7)nc6)cc5)c(Cl)cc4[nH]3)CNC12. The molecule has 0 radical (unpaired) electrons. The summed E-state index contributed by atoms with van der Waals surface area (Å²) in [7, 11) is 0. The zero-order valence-electron chi connectivity index (χ0n) is 20.1. The molecule has 38 heavy (non-hydrogen) atoms. The van der Waals surface area contributed by atoms with Crippen molar-refractivity contribution in [1.29, 1.82) is 0 Å². The van der Waals surface area contributed by atoms with E-state index in [4.69, 9.17) is 26.1 Å². The first-order valence-electron chi connectivity index (χ1n) is 12.4. The van der Waals surface area contributed by atoms with Gasteiger partial charge in [-0.05, 0) is 17.7 Å². The molecule has 1 aromatic carbocycles. The van der Waals surface area contributed by atoms with Gasteiger partial charge >= 0.3 is 0 Å². The van der Waals surface area contributed by atoms with E-state index in [1.165, 1.54) is 0 Å². The largest absolute Gasteiger partial charge is 0.464 e.